The van der Waals surface area contributed by atoms with Gasteiger partial charge in [0.05, 0.1) is 17.8 Å². The molecule has 92 valence electrons. The van der Waals surface area contributed by atoms with Gasteiger partial charge in [0, 0.05) is 13.7 Å². The monoisotopic (exact) mass is 235 g/mol. The summed E-state index contributed by atoms with van der Waals surface area (Å²) in [6.07, 6.45) is 0.934. The third-order valence-corrected chi connectivity index (χ3v) is 2.71. The molecule has 0 aliphatic carbocycles. The second-order valence-electron chi connectivity index (χ2n) is 4.21. The molecule has 0 radical (unpaired) electrons. The molecule has 2 aromatic rings. The van der Waals surface area contributed by atoms with E-state index in [0.29, 0.717) is 6.73 Å². The lowest BCUT2D eigenvalue weighted by Crippen LogP contribution is -2.23. The number of nitrogens with one attached hydrogen (secondary N) is 2. The quantitative estimate of drug-likeness (QED) is 0.758. The fourth-order valence-electron chi connectivity index (χ4n) is 1.84. The summed E-state index contributed by atoms with van der Waals surface area (Å²) in [5, 5.41) is 0. The van der Waals surface area contributed by atoms with Crippen LogP contribution in [0.4, 0.5) is 0 Å². The zero-order valence-corrected chi connectivity index (χ0v) is 10.1. The molecule has 0 aliphatic heterocycles. The van der Waals surface area contributed by atoms with Gasteiger partial charge in [-0.3, -0.25) is 4.90 Å². The van der Waals surface area contributed by atoms with Gasteiger partial charge in [-0.05, 0) is 31.2 Å². The van der Waals surface area contributed by atoms with Crippen LogP contribution in [0.25, 0.3) is 11.0 Å². The normalized spacial score (nSPS) is 11.5. The first-order valence-electron chi connectivity index (χ1n) is 5.57. The first-order chi connectivity index (χ1) is 8.19. The highest BCUT2D eigenvalue weighted by Gasteiger charge is 2.02. The van der Waals surface area contributed by atoms with E-state index in [4.69, 9.17) is 4.74 Å². The summed E-state index contributed by atoms with van der Waals surface area (Å²) < 4.78 is 5.04. The molecule has 0 bridgehead atoms. The number of benzene rings is 1. The third-order valence-electron chi connectivity index (χ3n) is 2.71. The Morgan fingerprint density at radius 1 is 1.29 bits per heavy atom. The van der Waals surface area contributed by atoms with Gasteiger partial charge < -0.3 is 14.7 Å². The van der Waals surface area contributed by atoms with E-state index in [2.05, 4.69) is 14.9 Å². The molecule has 0 saturated carbocycles. The van der Waals surface area contributed by atoms with E-state index in [0.717, 1.165) is 24.0 Å². The Labute approximate surface area is 99.4 Å². The predicted molar refractivity (Wildman–Crippen MR) is 67.1 cm³/mol. The number of fused-ring (bicyclic) bond motifs is 1. The molecular formula is C12H17N3O2. The number of hydrogen-bond acceptors (Lipinski definition) is 3. The Balaban J connectivity index is 2.06. The first kappa shape index (κ1) is 11.9. The number of ether oxygens (including phenoxy) is 1. The molecule has 2 rings (SSSR count). The smallest absolute Gasteiger partial charge is 0.323 e. The zero-order valence-electron chi connectivity index (χ0n) is 10.1. The minimum Gasteiger partial charge on any atom is -0.369 e. The van der Waals surface area contributed by atoms with Gasteiger partial charge in [0.15, 0.2) is 0 Å². The van der Waals surface area contributed by atoms with Crippen molar-refractivity contribution in [2.24, 2.45) is 0 Å². The summed E-state index contributed by atoms with van der Waals surface area (Å²) in [7, 11) is 3.70. The Bertz CT molecular complexity index is 544. The minimum absolute atomic E-state index is 0.159. The lowest BCUT2D eigenvalue weighted by atomic mass is 10.1. The van der Waals surface area contributed by atoms with E-state index in [1.165, 1.54) is 5.56 Å². The third kappa shape index (κ3) is 2.95. The molecule has 0 atom stereocenters. The predicted octanol–water partition coefficient (Wildman–Crippen LogP) is 0.934. The molecule has 0 aliphatic rings. The van der Waals surface area contributed by atoms with E-state index < -0.39 is 0 Å². The molecule has 5 nitrogen and oxygen atoms in total. The van der Waals surface area contributed by atoms with E-state index >= 15 is 0 Å². The zero-order chi connectivity index (χ0) is 12.3. The molecule has 0 saturated heterocycles. The number of imidazole rings is 1. The lowest BCUT2D eigenvalue weighted by Gasteiger charge is -2.14. The Hall–Kier alpha value is -1.59. The van der Waals surface area contributed by atoms with Crippen LogP contribution >= 0.6 is 0 Å². The molecular weight excluding hydrogens is 218 g/mol. The average molecular weight is 235 g/mol. The maximum absolute atomic E-state index is 11.1. The van der Waals surface area contributed by atoms with Gasteiger partial charge in [-0.2, -0.15) is 0 Å². The van der Waals surface area contributed by atoms with Crippen molar-refractivity contribution < 1.29 is 4.74 Å². The number of likely N-dealkylation sites (N-methyl/N-ethyl adjacent to an activating group) is 1. The number of hydrogen-bond donors (Lipinski definition) is 2. The molecule has 0 amide bonds. The van der Waals surface area contributed by atoms with Crippen LogP contribution in [0, 0.1) is 0 Å². The van der Waals surface area contributed by atoms with Crippen LogP contribution in [0.1, 0.15) is 5.56 Å². The summed E-state index contributed by atoms with van der Waals surface area (Å²) in [6, 6.07) is 5.97. The Morgan fingerprint density at radius 2 is 2.06 bits per heavy atom. The summed E-state index contributed by atoms with van der Waals surface area (Å²) in [5.74, 6) is 0. The number of rotatable bonds is 5. The van der Waals surface area contributed by atoms with E-state index in [1.807, 2.05) is 25.2 Å². The van der Waals surface area contributed by atoms with Crippen LogP contribution in [0.5, 0.6) is 0 Å². The van der Waals surface area contributed by atoms with Gasteiger partial charge in [0.2, 0.25) is 0 Å². The summed E-state index contributed by atoms with van der Waals surface area (Å²) in [4.78, 5) is 18.7. The highest BCUT2D eigenvalue weighted by atomic mass is 16.5. The maximum atomic E-state index is 11.1. The van der Waals surface area contributed by atoms with E-state index in [9.17, 15) is 4.79 Å². The fraction of sp³-hybridized carbons (Fsp3) is 0.417. The molecule has 1 aromatic carbocycles. The minimum atomic E-state index is -0.159. The molecule has 2 N–H and O–H groups in total. The van der Waals surface area contributed by atoms with Gasteiger partial charge in [0.1, 0.15) is 0 Å². The largest absolute Gasteiger partial charge is 0.369 e. The van der Waals surface area contributed by atoms with Crippen molar-refractivity contribution in [3.05, 3.63) is 34.2 Å². The molecule has 0 spiro atoms. The van der Waals surface area contributed by atoms with Crippen molar-refractivity contribution in [2.45, 2.75) is 6.42 Å². The van der Waals surface area contributed by atoms with Gasteiger partial charge in [-0.15, -0.1) is 0 Å². The van der Waals surface area contributed by atoms with Gasteiger partial charge in [-0.1, -0.05) is 6.07 Å². The lowest BCUT2D eigenvalue weighted by molar-refractivity contribution is 0.0827. The average Bonchev–Trinajstić information content (AvgIpc) is 2.66. The summed E-state index contributed by atoms with van der Waals surface area (Å²) in [6.45, 7) is 1.55. The van der Waals surface area contributed by atoms with Crippen LogP contribution in [0.3, 0.4) is 0 Å². The molecule has 1 aromatic heterocycles. The molecule has 1 heterocycles. The Kier molecular flexibility index (Phi) is 3.61. The number of methoxy groups -OCH3 is 1. The Morgan fingerprint density at radius 3 is 2.82 bits per heavy atom. The molecule has 0 unspecified atom stereocenters. The van der Waals surface area contributed by atoms with Crippen molar-refractivity contribution in [1.82, 2.24) is 14.9 Å². The summed E-state index contributed by atoms with van der Waals surface area (Å²) >= 11 is 0. The van der Waals surface area contributed by atoms with Crippen LogP contribution in [-0.2, 0) is 11.2 Å². The number of nitrogens with zero attached hydrogens (tertiary/aromatic N) is 1. The van der Waals surface area contributed by atoms with Gasteiger partial charge >= 0.3 is 5.69 Å². The second kappa shape index (κ2) is 5.16. The molecule has 5 heteroatoms. The highest BCUT2D eigenvalue weighted by Crippen LogP contribution is 2.10. The SMILES string of the molecule is COCN(C)CCc1ccc2[nH]c(=O)[nH]c2c1. The summed E-state index contributed by atoms with van der Waals surface area (Å²) in [5.41, 5.74) is 2.76. The first-order valence-corrected chi connectivity index (χ1v) is 5.57. The number of aromatic amines is 2. The van der Waals surface area contributed by atoms with Crippen LogP contribution in [0.15, 0.2) is 23.0 Å². The van der Waals surface area contributed by atoms with Crippen molar-refractivity contribution in [2.75, 3.05) is 27.4 Å². The van der Waals surface area contributed by atoms with Gasteiger partial charge in [-0.25, -0.2) is 4.79 Å². The fourth-order valence-corrected chi connectivity index (χ4v) is 1.84. The van der Waals surface area contributed by atoms with Gasteiger partial charge in [0.25, 0.3) is 0 Å². The highest BCUT2D eigenvalue weighted by molar-refractivity contribution is 5.74. The van der Waals surface area contributed by atoms with Crippen molar-refractivity contribution in [1.29, 1.82) is 0 Å². The van der Waals surface area contributed by atoms with Crippen LogP contribution in [-0.4, -0.2) is 42.3 Å². The molecule has 0 fully saturated rings. The molecule has 17 heavy (non-hydrogen) atoms. The van der Waals surface area contributed by atoms with Crippen molar-refractivity contribution in [3.63, 3.8) is 0 Å². The maximum Gasteiger partial charge on any atom is 0.323 e. The number of H-pyrrole nitrogens is 2. The standard InChI is InChI=1S/C12H17N3O2/c1-15(8-17-2)6-5-9-3-4-10-11(7-9)14-12(16)13-10/h3-4,7H,5-6,8H2,1-2H3,(H2,13,14,16). The second-order valence-corrected chi connectivity index (χ2v) is 4.21. The van der Waals surface area contributed by atoms with Crippen molar-refractivity contribution in [3.8, 4) is 0 Å². The van der Waals surface area contributed by atoms with Crippen LogP contribution < -0.4 is 5.69 Å². The van der Waals surface area contributed by atoms with E-state index in [1.54, 1.807) is 7.11 Å². The van der Waals surface area contributed by atoms with Crippen LogP contribution in [0.2, 0.25) is 0 Å². The topological polar surface area (TPSA) is 61.1 Å². The number of aromatic nitrogens is 2. The van der Waals surface area contributed by atoms with E-state index in [-0.39, 0.29) is 5.69 Å². The van der Waals surface area contributed by atoms with Crippen molar-refractivity contribution >= 4 is 11.0 Å².